The number of nitrogens with zero attached hydrogens (tertiary/aromatic N) is 5. The Morgan fingerprint density at radius 2 is 1.95 bits per heavy atom. The van der Waals surface area contributed by atoms with Crippen LogP contribution >= 0.6 is 11.6 Å². The molecule has 0 bridgehead atoms. The van der Waals surface area contributed by atoms with Crippen molar-refractivity contribution in [3.63, 3.8) is 0 Å². The summed E-state index contributed by atoms with van der Waals surface area (Å²) in [6, 6.07) is 11.5. The van der Waals surface area contributed by atoms with Crippen LogP contribution in [-0.4, -0.2) is 31.8 Å². The molecule has 190 valence electrons. The molecule has 1 atom stereocenters. The SMILES string of the molecule is CC(NC(=O)c1cc(OC(F)(F)F)cc(C(C)(C)C#N)c1)c1nc2cccnc2n1-c1ccc(Cl)cn1. The number of pyridine rings is 2. The van der Waals surface area contributed by atoms with E-state index in [0.717, 1.165) is 12.1 Å². The molecule has 8 nitrogen and oxygen atoms in total. The summed E-state index contributed by atoms with van der Waals surface area (Å²) in [5, 5.41) is 12.7. The number of ether oxygens (including phenoxy) is 1. The predicted octanol–water partition coefficient (Wildman–Crippen LogP) is 5.66. The number of rotatable bonds is 6. The normalized spacial score (nSPS) is 12.7. The molecular formula is C25H20ClF3N6O2. The van der Waals surface area contributed by atoms with E-state index in [1.54, 1.807) is 42.0 Å². The van der Waals surface area contributed by atoms with Gasteiger partial charge >= 0.3 is 6.36 Å². The van der Waals surface area contributed by atoms with E-state index in [9.17, 15) is 23.2 Å². The highest BCUT2D eigenvalue weighted by Crippen LogP contribution is 2.31. The summed E-state index contributed by atoms with van der Waals surface area (Å²) in [6.07, 6.45) is -1.92. The van der Waals surface area contributed by atoms with Crippen LogP contribution in [0.3, 0.4) is 0 Å². The monoisotopic (exact) mass is 528 g/mol. The Hall–Kier alpha value is -4.17. The largest absolute Gasteiger partial charge is 0.573 e. The third-order valence-corrected chi connectivity index (χ3v) is 5.74. The first-order valence-electron chi connectivity index (χ1n) is 11.0. The van der Waals surface area contributed by atoms with E-state index in [0.29, 0.717) is 27.8 Å². The average Bonchev–Trinajstić information content (AvgIpc) is 3.23. The molecule has 3 heterocycles. The van der Waals surface area contributed by atoms with Crippen molar-refractivity contribution >= 4 is 28.7 Å². The third kappa shape index (κ3) is 5.65. The van der Waals surface area contributed by atoms with Crippen LogP contribution in [0.15, 0.2) is 54.9 Å². The lowest BCUT2D eigenvalue weighted by Crippen LogP contribution is -2.29. The van der Waals surface area contributed by atoms with E-state index in [1.165, 1.54) is 26.1 Å². The van der Waals surface area contributed by atoms with Crippen molar-refractivity contribution in [2.75, 3.05) is 0 Å². The highest BCUT2D eigenvalue weighted by atomic mass is 35.5. The van der Waals surface area contributed by atoms with Gasteiger partial charge < -0.3 is 10.1 Å². The molecule has 0 fully saturated rings. The number of benzene rings is 1. The van der Waals surface area contributed by atoms with Gasteiger partial charge in [0.2, 0.25) is 0 Å². The van der Waals surface area contributed by atoms with E-state index in [2.05, 4.69) is 25.0 Å². The fraction of sp³-hybridized carbons (Fsp3) is 0.240. The predicted molar refractivity (Wildman–Crippen MR) is 129 cm³/mol. The van der Waals surface area contributed by atoms with Crippen molar-refractivity contribution in [2.45, 2.75) is 38.6 Å². The Morgan fingerprint density at radius 1 is 1.19 bits per heavy atom. The van der Waals surface area contributed by atoms with Crippen LogP contribution in [0, 0.1) is 11.3 Å². The number of alkyl halides is 3. The number of hydrogen-bond acceptors (Lipinski definition) is 6. The number of carbonyl (C=O) groups is 1. The molecule has 0 aliphatic heterocycles. The van der Waals surface area contributed by atoms with Gasteiger partial charge in [-0.3, -0.25) is 9.36 Å². The Morgan fingerprint density at radius 3 is 2.59 bits per heavy atom. The van der Waals surface area contributed by atoms with E-state index < -0.39 is 29.5 Å². The lowest BCUT2D eigenvalue weighted by molar-refractivity contribution is -0.274. The fourth-order valence-corrected chi connectivity index (χ4v) is 3.75. The van der Waals surface area contributed by atoms with Crippen LogP contribution < -0.4 is 10.1 Å². The van der Waals surface area contributed by atoms with Crippen molar-refractivity contribution in [2.24, 2.45) is 0 Å². The van der Waals surface area contributed by atoms with Gasteiger partial charge in [-0.05, 0) is 68.8 Å². The first-order valence-corrected chi connectivity index (χ1v) is 11.3. The summed E-state index contributed by atoms with van der Waals surface area (Å²) in [4.78, 5) is 26.5. The molecular weight excluding hydrogens is 509 g/mol. The van der Waals surface area contributed by atoms with Crippen molar-refractivity contribution in [3.05, 3.63) is 76.8 Å². The topological polar surface area (TPSA) is 106 Å². The summed E-state index contributed by atoms with van der Waals surface area (Å²) in [7, 11) is 0. The van der Waals surface area contributed by atoms with Gasteiger partial charge in [0.15, 0.2) is 5.65 Å². The summed E-state index contributed by atoms with van der Waals surface area (Å²) < 4.78 is 44.5. The molecule has 0 saturated carbocycles. The molecule has 4 aromatic rings. The van der Waals surface area contributed by atoms with Crippen LogP contribution in [0.4, 0.5) is 13.2 Å². The van der Waals surface area contributed by atoms with Gasteiger partial charge in [-0.25, -0.2) is 15.0 Å². The van der Waals surface area contributed by atoms with Crippen LogP contribution in [0.2, 0.25) is 5.02 Å². The molecule has 1 amide bonds. The maximum absolute atomic E-state index is 13.2. The summed E-state index contributed by atoms with van der Waals surface area (Å²) >= 11 is 5.98. The smallest absolute Gasteiger partial charge is 0.406 e. The zero-order valence-corrected chi connectivity index (χ0v) is 20.6. The lowest BCUT2D eigenvalue weighted by atomic mass is 9.85. The number of aromatic nitrogens is 4. The van der Waals surface area contributed by atoms with Gasteiger partial charge in [-0.1, -0.05) is 11.6 Å². The van der Waals surface area contributed by atoms with E-state index in [-0.39, 0.29) is 11.1 Å². The van der Waals surface area contributed by atoms with Gasteiger partial charge in [-0.2, -0.15) is 5.26 Å². The van der Waals surface area contributed by atoms with Crippen molar-refractivity contribution in [1.82, 2.24) is 24.8 Å². The highest BCUT2D eigenvalue weighted by molar-refractivity contribution is 6.30. The highest BCUT2D eigenvalue weighted by Gasteiger charge is 2.33. The maximum Gasteiger partial charge on any atom is 0.573 e. The standard InChI is InChI=1S/C25H20ClF3N6O2/c1-14(21-34-19-5-4-8-31-22(19)35(21)20-7-6-17(26)12-32-20)33-23(36)15-9-16(24(2,3)13-30)11-18(10-15)37-25(27,28)29/h4-12,14H,1-3H3,(H,33,36). The molecule has 0 radical (unpaired) electrons. The van der Waals surface area contributed by atoms with Gasteiger partial charge in [0.1, 0.15) is 22.9 Å². The van der Waals surface area contributed by atoms with Crippen molar-refractivity contribution in [3.8, 4) is 17.6 Å². The molecule has 37 heavy (non-hydrogen) atoms. The van der Waals surface area contributed by atoms with E-state index in [4.69, 9.17) is 11.6 Å². The first kappa shape index (κ1) is 25.9. The number of imidazole rings is 1. The number of halogens is 4. The first-order chi connectivity index (χ1) is 17.4. The molecule has 0 saturated heterocycles. The zero-order chi connectivity index (χ0) is 27.0. The molecule has 0 aliphatic rings. The average molecular weight is 529 g/mol. The number of nitrogens with one attached hydrogen (secondary N) is 1. The number of amides is 1. The maximum atomic E-state index is 13.2. The Bertz CT molecular complexity index is 1510. The van der Waals surface area contributed by atoms with Gasteiger partial charge in [0.25, 0.3) is 5.91 Å². The van der Waals surface area contributed by atoms with E-state index >= 15 is 0 Å². The molecule has 12 heteroatoms. The number of nitriles is 1. The second-order valence-electron chi connectivity index (χ2n) is 8.71. The van der Waals surface area contributed by atoms with Crippen molar-refractivity contribution < 1.29 is 22.7 Å². The van der Waals surface area contributed by atoms with Crippen molar-refractivity contribution in [1.29, 1.82) is 5.26 Å². The van der Waals surface area contributed by atoms with Gasteiger partial charge in [-0.15, -0.1) is 13.2 Å². The second-order valence-corrected chi connectivity index (χ2v) is 9.15. The minimum Gasteiger partial charge on any atom is -0.406 e. The Labute approximate surface area is 214 Å². The Balaban J connectivity index is 1.73. The van der Waals surface area contributed by atoms with E-state index in [1.807, 2.05) is 6.07 Å². The molecule has 4 rings (SSSR count). The molecule has 1 N–H and O–H groups in total. The van der Waals surface area contributed by atoms with Gasteiger partial charge in [0, 0.05) is 18.0 Å². The number of carbonyl (C=O) groups excluding carboxylic acids is 1. The van der Waals surface area contributed by atoms with Crippen LogP contribution in [0.5, 0.6) is 5.75 Å². The van der Waals surface area contributed by atoms with Gasteiger partial charge in [0.05, 0.1) is 22.5 Å². The lowest BCUT2D eigenvalue weighted by Gasteiger charge is -2.20. The summed E-state index contributed by atoms with van der Waals surface area (Å²) in [5.41, 5.74) is -0.0550. The van der Waals surface area contributed by atoms with Crippen LogP contribution in [0.25, 0.3) is 17.0 Å². The van der Waals surface area contributed by atoms with Crippen LogP contribution in [0.1, 0.15) is 48.6 Å². The molecule has 0 spiro atoms. The molecule has 3 aromatic heterocycles. The third-order valence-electron chi connectivity index (χ3n) is 5.52. The second kappa shape index (κ2) is 9.71. The minimum atomic E-state index is -4.97. The fourth-order valence-electron chi connectivity index (χ4n) is 3.64. The number of hydrogen-bond donors (Lipinski definition) is 1. The molecule has 1 aromatic carbocycles. The molecule has 1 unspecified atom stereocenters. The number of fused-ring (bicyclic) bond motifs is 1. The molecule has 0 aliphatic carbocycles. The zero-order valence-electron chi connectivity index (χ0n) is 19.8. The summed E-state index contributed by atoms with van der Waals surface area (Å²) in [5.74, 6) is -0.448. The van der Waals surface area contributed by atoms with Crippen LogP contribution in [-0.2, 0) is 5.41 Å². The quantitative estimate of drug-likeness (QED) is 0.346. The summed E-state index contributed by atoms with van der Waals surface area (Å²) in [6.45, 7) is 4.72. The Kier molecular flexibility index (Phi) is 6.80. The minimum absolute atomic E-state index is 0.114.